The van der Waals surface area contributed by atoms with Gasteiger partial charge in [0.25, 0.3) is 0 Å². The number of cyclic esters (lactones) is 2. The van der Waals surface area contributed by atoms with E-state index in [1.807, 2.05) is 0 Å². The van der Waals surface area contributed by atoms with E-state index < -0.39 is 0 Å². The van der Waals surface area contributed by atoms with Crippen LogP contribution in [0.4, 0.5) is 0 Å². The summed E-state index contributed by atoms with van der Waals surface area (Å²) in [5.41, 5.74) is 0. The number of hydrogen-bond donors (Lipinski definition) is 2. The van der Waals surface area contributed by atoms with Crippen LogP contribution in [0.25, 0.3) is 0 Å². The number of unbranched alkanes of at least 4 members (excludes halogenated alkanes) is 1. The summed E-state index contributed by atoms with van der Waals surface area (Å²) in [7, 11) is 0. The minimum atomic E-state index is -0.292. The van der Waals surface area contributed by atoms with Crippen molar-refractivity contribution in [2.24, 2.45) is 11.8 Å². The van der Waals surface area contributed by atoms with Crippen LogP contribution in [-0.4, -0.2) is 35.4 Å². The molecule has 1 aliphatic carbocycles. The lowest BCUT2D eigenvalue weighted by Crippen LogP contribution is -2.21. The molecular weight excluding hydrogens is 224 g/mol. The number of esters is 2. The Morgan fingerprint density at radius 1 is 0.941 bits per heavy atom. The molecule has 5 nitrogen and oxygen atoms in total. The lowest BCUT2D eigenvalue weighted by molar-refractivity contribution is -0.153. The standard InChI is InChI=1S/C8H10O3.C4H10O2/c9-7-5-3-1-2-4-6(5)8(10)11-7;5-3-1-2-4-6/h5-6H,1-4H2;5-6H,1-4H2. The fourth-order valence-corrected chi connectivity index (χ4v) is 2.17. The predicted molar refractivity (Wildman–Crippen MR) is 60.0 cm³/mol. The molecule has 0 amide bonds. The van der Waals surface area contributed by atoms with Crippen molar-refractivity contribution in [2.45, 2.75) is 38.5 Å². The van der Waals surface area contributed by atoms with Crippen molar-refractivity contribution in [1.82, 2.24) is 0 Å². The van der Waals surface area contributed by atoms with Gasteiger partial charge in [0.1, 0.15) is 0 Å². The van der Waals surface area contributed by atoms with Crippen LogP contribution in [0.2, 0.25) is 0 Å². The highest BCUT2D eigenvalue weighted by molar-refractivity contribution is 5.96. The van der Waals surface area contributed by atoms with Crippen LogP contribution < -0.4 is 0 Å². The predicted octanol–water partition coefficient (Wildman–Crippen LogP) is 0.627. The molecule has 0 aromatic carbocycles. The maximum absolute atomic E-state index is 11.0. The summed E-state index contributed by atoms with van der Waals surface area (Å²) >= 11 is 0. The fraction of sp³-hybridized carbons (Fsp3) is 0.833. The van der Waals surface area contributed by atoms with Gasteiger partial charge in [0.05, 0.1) is 11.8 Å². The number of aliphatic hydroxyl groups excluding tert-OH is 2. The van der Waals surface area contributed by atoms with E-state index in [-0.39, 0.29) is 37.0 Å². The van der Waals surface area contributed by atoms with E-state index in [9.17, 15) is 9.59 Å². The SMILES string of the molecule is O=C1OC(=O)C2CCCCC12.OCCCCO. The van der Waals surface area contributed by atoms with E-state index in [0.717, 1.165) is 38.5 Å². The maximum Gasteiger partial charge on any atom is 0.317 e. The first-order valence-corrected chi connectivity index (χ1v) is 6.18. The Morgan fingerprint density at radius 3 is 1.71 bits per heavy atom. The summed E-state index contributed by atoms with van der Waals surface area (Å²) in [5.74, 6) is -0.785. The molecule has 2 unspecified atom stereocenters. The molecule has 1 saturated heterocycles. The molecule has 0 aromatic rings. The molecule has 2 atom stereocenters. The molecular formula is C12H20O5. The monoisotopic (exact) mass is 244 g/mol. The zero-order valence-electron chi connectivity index (χ0n) is 9.93. The molecule has 0 spiro atoms. The minimum Gasteiger partial charge on any atom is -0.396 e. The van der Waals surface area contributed by atoms with Crippen LogP contribution in [0, 0.1) is 11.8 Å². The summed E-state index contributed by atoms with van der Waals surface area (Å²) in [4.78, 5) is 22.0. The Balaban J connectivity index is 0.000000209. The van der Waals surface area contributed by atoms with Crippen molar-refractivity contribution in [2.75, 3.05) is 13.2 Å². The van der Waals surface area contributed by atoms with Gasteiger partial charge in [0.15, 0.2) is 0 Å². The van der Waals surface area contributed by atoms with Crippen LogP contribution in [0.3, 0.4) is 0 Å². The van der Waals surface area contributed by atoms with Gasteiger partial charge in [-0.15, -0.1) is 0 Å². The third-order valence-electron chi connectivity index (χ3n) is 3.14. The number of rotatable bonds is 3. The second-order valence-corrected chi connectivity index (χ2v) is 4.39. The molecule has 1 heterocycles. The lowest BCUT2D eigenvalue weighted by Gasteiger charge is -2.18. The average molecular weight is 244 g/mol. The summed E-state index contributed by atoms with van der Waals surface area (Å²) in [6.45, 7) is 0.390. The van der Waals surface area contributed by atoms with E-state index in [1.165, 1.54) is 0 Å². The van der Waals surface area contributed by atoms with E-state index in [0.29, 0.717) is 0 Å². The average Bonchev–Trinajstić information content (AvgIpc) is 2.64. The maximum atomic E-state index is 11.0. The van der Waals surface area contributed by atoms with Gasteiger partial charge in [-0.25, -0.2) is 0 Å². The molecule has 2 N–H and O–H groups in total. The highest BCUT2D eigenvalue weighted by atomic mass is 16.6. The highest BCUT2D eigenvalue weighted by Gasteiger charge is 2.44. The quantitative estimate of drug-likeness (QED) is 0.432. The number of aliphatic hydroxyl groups is 2. The summed E-state index contributed by atoms with van der Waals surface area (Å²) in [6, 6.07) is 0. The number of fused-ring (bicyclic) bond motifs is 1. The topological polar surface area (TPSA) is 83.8 Å². The third-order valence-corrected chi connectivity index (χ3v) is 3.14. The molecule has 2 fully saturated rings. The number of hydrogen-bond acceptors (Lipinski definition) is 5. The molecule has 98 valence electrons. The van der Waals surface area contributed by atoms with Crippen molar-refractivity contribution >= 4 is 11.9 Å². The fourth-order valence-electron chi connectivity index (χ4n) is 2.17. The van der Waals surface area contributed by atoms with Gasteiger partial charge in [-0.05, 0) is 25.7 Å². The molecule has 1 saturated carbocycles. The molecule has 17 heavy (non-hydrogen) atoms. The normalized spacial score (nSPS) is 26.9. The van der Waals surface area contributed by atoms with E-state index >= 15 is 0 Å². The molecule has 0 aromatic heterocycles. The molecule has 2 aliphatic rings. The van der Waals surface area contributed by atoms with Gasteiger partial charge < -0.3 is 14.9 Å². The number of carbonyl (C=O) groups excluding carboxylic acids is 2. The summed E-state index contributed by atoms with van der Waals surface area (Å²) in [5, 5.41) is 16.2. The van der Waals surface area contributed by atoms with E-state index in [4.69, 9.17) is 10.2 Å². The van der Waals surface area contributed by atoms with Crippen molar-refractivity contribution in [1.29, 1.82) is 0 Å². The van der Waals surface area contributed by atoms with Gasteiger partial charge in [-0.2, -0.15) is 0 Å². The molecule has 5 heteroatoms. The molecule has 0 radical (unpaired) electrons. The van der Waals surface area contributed by atoms with E-state index in [2.05, 4.69) is 4.74 Å². The second-order valence-electron chi connectivity index (χ2n) is 4.39. The van der Waals surface area contributed by atoms with Gasteiger partial charge in [-0.3, -0.25) is 9.59 Å². The summed E-state index contributed by atoms with van der Waals surface area (Å²) in [6.07, 6.45) is 5.24. The summed E-state index contributed by atoms with van der Waals surface area (Å²) < 4.78 is 4.53. The van der Waals surface area contributed by atoms with Crippen molar-refractivity contribution in [3.8, 4) is 0 Å². The Bertz CT molecular complexity index is 238. The van der Waals surface area contributed by atoms with E-state index in [1.54, 1.807) is 0 Å². The highest BCUT2D eigenvalue weighted by Crippen LogP contribution is 2.36. The van der Waals surface area contributed by atoms with Crippen molar-refractivity contribution < 1.29 is 24.5 Å². The number of ether oxygens (including phenoxy) is 1. The molecule has 2 rings (SSSR count). The lowest BCUT2D eigenvalue weighted by atomic mass is 9.81. The van der Waals surface area contributed by atoms with Gasteiger partial charge in [0.2, 0.25) is 0 Å². The van der Waals surface area contributed by atoms with Crippen molar-refractivity contribution in [3.63, 3.8) is 0 Å². The van der Waals surface area contributed by atoms with Crippen molar-refractivity contribution in [3.05, 3.63) is 0 Å². The number of carbonyl (C=O) groups is 2. The van der Waals surface area contributed by atoms with Crippen LogP contribution in [-0.2, 0) is 14.3 Å². The van der Waals surface area contributed by atoms with Crippen LogP contribution in [0.5, 0.6) is 0 Å². The Labute approximate surface area is 101 Å². The van der Waals surface area contributed by atoms with Gasteiger partial charge in [-0.1, -0.05) is 12.8 Å². The molecule has 0 bridgehead atoms. The van der Waals surface area contributed by atoms with Crippen LogP contribution >= 0.6 is 0 Å². The first-order valence-electron chi connectivity index (χ1n) is 6.18. The largest absolute Gasteiger partial charge is 0.396 e. The van der Waals surface area contributed by atoms with Gasteiger partial charge >= 0.3 is 11.9 Å². The zero-order chi connectivity index (χ0) is 12.7. The van der Waals surface area contributed by atoms with Crippen LogP contribution in [0.1, 0.15) is 38.5 Å². The smallest absolute Gasteiger partial charge is 0.317 e. The second kappa shape index (κ2) is 7.40. The van der Waals surface area contributed by atoms with Gasteiger partial charge in [0, 0.05) is 13.2 Å². The first-order chi connectivity index (χ1) is 8.20. The Kier molecular flexibility index (Phi) is 6.15. The van der Waals surface area contributed by atoms with Crippen LogP contribution in [0.15, 0.2) is 0 Å². The Hall–Kier alpha value is -0.940. The zero-order valence-corrected chi connectivity index (χ0v) is 9.93. The first kappa shape index (κ1) is 14.1. The molecule has 1 aliphatic heterocycles. The minimum absolute atomic E-state index is 0.101. The Morgan fingerprint density at radius 2 is 1.35 bits per heavy atom. The third kappa shape index (κ3) is 4.09.